The molecule has 1 aromatic heterocycles. The van der Waals surface area contributed by atoms with Crippen LogP contribution in [0.5, 0.6) is 5.88 Å². The second-order valence-electron chi connectivity index (χ2n) is 4.87. The second kappa shape index (κ2) is 6.70. The molecule has 0 atom stereocenters. The van der Waals surface area contributed by atoms with E-state index >= 15 is 0 Å². The average Bonchev–Trinajstić information content (AvgIpc) is 2.75. The molecular formula is C16H18N2O3S. The zero-order chi connectivity index (χ0) is 16.3. The molecular weight excluding hydrogens is 300 g/mol. The Morgan fingerprint density at radius 1 is 1.32 bits per heavy atom. The van der Waals surface area contributed by atoms with E-state index in [1.54, 1.807) is 0 Å². The number of benzene rings is 1. The third-order valence-corrected chi connectivity index (χ3v) is 4.12. The van der Waals surface area contributed by atoms with Gasteiger partial charge in [-0.1, -0.05) is 30.4 Å². The fourth-order valence-electron chi connectivity index (χ4n) is 2.03. The number of hydrogen-bond acceptors (Lipinski definition) is 5. The zero-order valence-electron chi connectivity index (χ0n) is 13.0. The molecule has 0 spiro atoms. The third-order valence-electron chi connectivity index (χ3n) is 2.95. The summed E-state index contributed by atoms with van der Waals surface area (Å²) in [5.74, 6) is -0.415. The smallest absolute Gasteiger partial charge is 0.309 e. The van der Waals surface area contributed by atoms with Crippen LogP contribution in [0.25, 0.3) is 0 Å². The van der Waals surface area contributed by atoms with E-state index < -0.39 is 5.97 Å². The summed E-state index contributed by atoms with van der Waals surface area (Å²) >= 11 is 1.36. The number of esters is 1. The molecule has 0 aliphatic carbocycles. The Morgan fingerprint density at radius 3 is 2.59 bits per heavy atom. The normalized spacial score (nSPS) is 11.5. The van der Waals surface area contributed by atoms with Crippen molar-refractivity contribution in [2.24, 2.45) is 4.99 Å². The van der Waals surface area contributed by atoms with Crippen molar-refractivity contribution in [2.75, 3.05) is 0 Å². The number of thiazole rings is 1. The summed E-state index contributed by atoms with van der Waals surface area (Å²) in [6, 6.07) is 7.69. The first-order chi connectivity index (χ1) is 10.4. The van der Waals surface area contributed by atoms with Crippen LogP contribution < -0.4 is 9.54 Å². The molecule has 0 aliphatic rings. The van der Waals surface area contributed by atoms with Crippen LogP contribution in [0, 0.1) is 6.92 Å². The van der Waals surface area contributed by atoms with Crippen molar-refractivity contribution in [3.8, 4) is 5.88 Å². The summed E-state index contributed by atoms with van der Waals surface area (Å²) in [6.07, 6.45) is 0.657. The van der Waals surface area contributed by atoms with Gasteiger partial charge in [0.2, 0.25) is 11.8 Å². The van der Waals surface area contributed by atoms with Crippen molar-refractivity contribution in [3.63, 3.8) is 0 Å². The van der Waals surface area contributed by atoms with Gasteiger partial charge in [0.1, 0.15) is 0 Å². The Kier molecular flexibility index (Phi) is 4.92. The van der Waals surface area contributed by atoms with Crippen molar-refractivity contribution in [3.05, 3.63) is 39.5 Å². The molecule has 6 heteroatoms. The molecule has 0 saturated carbocycles. The Balaban J connectivity index is 2.67. The maximum atomic E-state index is 12.0. The van der Waals surface area contributed by atoms with Gasteiger partial charge in [-0.3, -0.25) is 9.59 Å². The van der Waals surface area contributed by atoms with Gasteiger partial charge in [-0.05, 0) is 31.0 Å². The summed E-state index contributed by atoms with van der Waals surface area (Å²) in [5, 5.41) is 0. The van der Waals surface area contributed by atoms with Crippen LogP contribution in [-0.2, 0) is 11.2 Å². The van der Waals surface area contributed by atoms with Gasteiger partial charge in [0, 0.05) is 13.8 Å². The number of aromatic nitrogens is 1. The number of hydrogen-bond donors (Lipinski definition) is 0. The summed E-state index contributed by atoms with van der Waals surface area (Å²) in [5.41, 5.74) is 1.84. The highest BCUT2D eigenvalue weighted by molar-refractivity contribution is 7.09. The summed E-state index contributed by atoms with van der Waals surface area (Å²) in [4.78, 5) is 29.1. The highest BCUT2D eigenvalue weighted by Crippen LogP contribution is 2.23. The average molecular weight is 318 g/mol. The van der Waals surface area contributed by atoms with Crippen LogP contribution in [0.3, 0.4) is 0 Å². The van der Waals surface area contributed by atoms with E-state index in [4.69, 9.17) is 4.74 Å². The molecule has 116 valence electrons. The van der Waals surface area contributed by atoms with E-state index in [-0.39, 0.29) is 11.8 Å². The number of rotatable bonds is 3. The number of carbonyl (C=O) groups excluding carboxylic acids is 2. The predicted molar refractivity (Wildman–Crippen MR) is 85.7 cm³/mol. The Morgan fingerprint density at radius 2 is 2.05 bits per heavy atom. The van der Waals surface area contributed by atoms with E-state index in [2.05, 4.69) is 4.99 Å². The van der Waals surface area contributed by atoms with Crippen molar-refractivity contribution in [1.82, 2.24) is 4.57 Å². The molecule has 1 aromatic carbocycles. The minimum atomic E-state index is -0.454. The van der Waals surface area contributed by atoms with Crippen molar-refractivity contribution in [1.29, 1.82) is 0 Å². The first kappa shape index (κ1) is 16.2. The lowest BCUT2D eigenvalue weighted by molar-refractivity contribution is -0.132. The van der Waals surface area contributed by atoms with Gasteiger partial charge in [-0.25, -0.2) is 9.56 Å². The van der Waals surface area contributed by atoms with Crippen LogP contribution in [-0.4, -0.2) is 16.4 Å². The van der Waals surface area contributed by atoms with Gasteiger partial charge in [0.25, 0.3) is 0 Å². The van der Waals surface area contributed by atoms with Crippen LogP contribution in [0.2, 0.25) is 0 Å². The molecule has 0 amide bonds. The molecule has 5 nitrogen and oxygen atoms in total. The molecule has 0 N–H and O–H groups in total. The van der Waals surface area contributed by atoms with E-state index in [0.29, 0.717) is 11.2 Å². The minimum absolute atomic E-state index is 0.237. The molecule has 1 heterocycles. The Bertz CT molecular complexity index is 787. The van der Waals surface area contributed by atoms with Gasteiger partial charge in [-0.2, -0.15) is 0 Å². The molecule has 2 rings (SSSR count). The zero-order valence-corrected chi connectivity index (χ0v) is 13.9. The molecule has 0 unspecified atom stereocenters. The van der Waals surface area contributed by atoms with Gasteiger partial charge < -0.3 is 4.74 Å². The number of nitrogens with zero attached hydrogens (tertiary/aromatic N) is 2. The molecule has 22 heavy (non-hydrogen) atoms. The standard InChI is InChI=1S/C16H18N2O3S/c1-5-14-15(21-12(4)20)18(11(3)19)16(22-14)17-13-8-6-7-10(2)9-13/h6-9H,5H2,1-4H3. The Labute approximate surface area is 132 Å². The van der Waals surface area contributed by atoms with E-state index in [0.717, 1.165) is 16.1 Å². The first-order valence-corrected chi connectivity index (χ1v) is 7.79. The van der Waals surface area contributed by atoms with Crippen LogP contribution >= 0.6 is 11.3 Å². The first-order valence-electron chi connectivity index (χ1n) is 6.97. The third kappa shape index (κ3) is 3.51. The van der Waals surface area contributed by atoms with Crippen molar-refractivity contribution < 1.29 is 14.3 Å². The second-order valence-corrected chi connectivity index (χ2v) is 5.93. The monoisotopic (exact) mass is 318 g/mol. The quantitative estimate of drug-likeness (QED) is 0.816. The van der Waals surface area contributed by atoms with E-state index in [1.807, 2.05) is 38.1 Å². The molecule has 0 saturated heterocycles. The highest BCUT2D eigenvalue weighted by Gasteiger charge is 2.18. The lowest BCUT2D eigenvalue weighted by atomic mass is 10.2. The van der Waals surface area contributed by atoms with Gasteiger partial charge >= 0.3 is 5.97 Å². The van der Waals surface area contributed by atoms with Gasteiger partial charge in [0.05, 0.1) is 10.6 Å². The maximum absolute atomic E-state index is 12.0. The van der Waals surface area contributed by atoms with Gasteiger partial charge in [0.15, 0.2) is 4.80 Å². The number of carbonyl (C=O) groups is 2. The summed E-state index contributed by atoms with van der Waals surface area (Å²) in [6.45, 7) is 6.67. The molecule has 0 bridgehead atoms. The molecule has 0 fully saturated rings. The SMILES string of the molecule is CCc1sc(=Nc2cccc(C)c2)n(C(C)=O)c1OC(C)=O. The lowest BCUT2D eigenvalue weighted by Crippen LogP contribution is -2.22. The fraction of sp³-hybridized carbons (Fsp3) is 0.312. The molecule has 0 aliphatic heterocycles. The molecule has 2 aromatic rings. The fourth-order valence-corrected chi connectivity index (χ4v) is 3.07. The summed E-state index contributed by atoms with van der Waals surface area (Å²) in [7, 11) is 0. The lowest BCUT2D eigenvalue weighted by Gasteiger charge is -2.05. The van der Waals surface area contributed by atoms with Crippen LogP contribution in [0.15, 0.2) is 29.3 Å². The van der Waals surface area contributed by atoms with Crippen LogP contribution in [0.4, 0.5) is 5.69 Å². The molecule has 0 radical (unpaired) electrons. The van der Waals surface area contributed by atoms with Crippen molar-refractivity contribution in [2.45, 2.75) is 34.1 Å². The minimum Gasteiger partial charge on any atom is -0.408 e. The van der Waals surface area contributed by atoms with E-state index in [9.17, 15) is 9.59 Å². The topological polar surface area (TPSA) is 60.7 Å². The van der Waals surface area contributed by atoms with E-state index in [1.165, 1.54) is 29.8 Å². The maximum Gasteiger partial charge on any atom is 0.309 e. The van der Waals surface area contributed by atoms with Crippen LogP contribution in [0.1, 0.15) is 36.0 Å². The highest BCUT2D eigenvalue weighted by atomic mass is 32.1. The summed E-state index contributed by atoms with van der Waals surface area (Å²) < 4.78 is 6.58. The number of aryl methyl sites for hydroxylation is 2. The van der Waals surface area contributed by atoms with Crippen molar-refractivity contribution >= 4 is 28.9 Å². The van der Waals surface area contributed by atoms with Gasteiger partial charge in [-0.15, -0.1) is 0 Å². The number of ether oxygens (including phenoxy) is 1. The predicted octanol–water partition coefficient (Wildman–Crippen LogP) is 3.24. The largest absolute Gasteiger partial charge is 0.408 e. The Hall–Kier alpha value is -2.21.